The largest absolute Gasteiger partial charge is 0.287 e. The second-order valence-corrected chi connectivity index (χ2v) is 5.60. The van der Waals surface area contributed by atoms with Crippen LogP contribution in [0, 0.1) is 6.92 Å². The van der Waals surface area contributed by atoms with Crippen LogP contribution in [-0.4, -0.2) is 22.6 Å². The molecule has 0 aliphatic carbocycles. The van der Waals surface area contributed by atoms with Gasteiger partial charge in [-0.2, -0.15) is 0 Å². The van der Waals surface area contributed by atoms with Crippen molar-refractivity contribution in [3.63, 3.8) is 0 Å². The van der Waals surface area contributed by atoms with E-state index in [1.54, 1.807) is 4.90 Å². The van der Waals surface area contributed by atoms with Crippen molar-refractivity contribution in [2.24, 2.45) is 0 Å². The minimum Gasteiger partial charge on any atom is -0.287 e. The predicted molar refractivity (Wildman–Crippen MR) is 83.0 cm³/mol. The molecule has 0 spiro atoms. The molecule has 0 atom stereocenters. The summed E-state index contributed by atoms with van der Waals surface area (Å²) in [6, 6.07) is 8.15. The lowest BCUT2D eigenvalue weighted by atomic mass is 10.1. The number of hydrogen-bond acceptors (Lipinski definition) is 4. The smallest absolute Gasteiger partial charge is 0.228 e. The van der Waals surface area contributed by atoms with Gasteiger partial charge in [-0.3, -0.25) is 9.69 Å². The maximum Gasteiger partial charge on any atom is 0.228 e. The summed E-state index contributed by atoms with van der Waals surface area (Å²) in [4.78, 5) is 13.7. The highest BCUT2D eigenvalue weighted by Crippen LogP contribution is 2.29. The van der Waals surface area contributed by atoms with Gasteiger partial charge >= 0.3 is 0 Å². The molecule has 1 aromatic heterocycles. The number of carbonyl (C=O) groups excluding carboxylic acids is 1. The maximum absolute atomic E-state index is 12.0. The number of aromatic nitrogens is 2. The Bertz CT molecular complexity index is 594. The van der Waals surface area contributed by atoms with E-state index in [9.17, 15) is 4.79 Å². The van der Waals surface area contributed by atoms with Crippen molar-refractivity contribution in [2.45, 2.75) is 33.6 Å². The van der Waals surface area contributed by atoms with Crippen molar-refractivity contribution < 1.29 is 4.79 Å². The molecule has 2 rings (SSSR count). The SMILES string of the molecule is CCCC(=O)N(CC)c1nnc(-c2cccc(C)c2)s1. The van der Waals surface area contributed by atoms with E-state index in [0.717, 1.165) is 17.0 Å². The lowest BCUT2D eigenvalue weighted by Gasteiger charge is -2.16. The zero-order chi connectivity index (χ0) is 14.5. The maximum atomic E-state index is 12.0. The molecule has 0 radical (unpaired) electrons. The van der Waals surface area contributed by atoms with Gasteiger partial charge in [0.15, 0.2) is 0 Å². The van der Waals surface area contributed by atoms with E-state index < -0.39 is 0 Å². The Morgan fingerprint density at radius 2 is 2.10 bits per heavy atom. The summed E-state index contributed by atoms with van der Waals surface area (Å²) >= 11 is 1.46. The Labute approximate surface area is 123 Å². The first-order valence-corrected chi connectivity index (χ1v) is 7.68. The van der Waals surface area contributed by atoms with Crippen molar-refractivity contribution in [1.29, 1.82) is 0 Å². The molecule has 1 aromatic carbocycles. The molecule has 0 bridgehead atoms. The van der Waals surface area contributed by atoms with E-state index in [0.29, 0.717) is 18.1 Å². The quantitative estimate of drug-likeness (QED) is 0.843. The van der Waals surface area contributed by atoms with Gasteiger partial charge in [-0.15, -0.1) is 10.2 Å². The number of benzene rings is 1. The number of aryl methyl sites for hydroxylation is 1. The Kier molecular flexibility index (Phi) is 4.84. The molecular weight excluding hydrogens is 270 g/mol. The molecule has 106 valence electrons. The lowest BCUT2D eigenvalue weighted by molar-refractivity contribution is -0.118. The van der Waals surface area contributed by atoms with Crippen molar-refractivity contribution in [1.82, 2.24) is 10.2 Å². The number of carbonyl (C=O) groups is 1. The van der Waals surface area contributed by atoms with Crippen molar-refractivity contribution in [2.75, 3.05) is 11.4 Å². The van der Waals surface area contributed by atoms with Gasteiger partial charge in [0, 0.05) is 18.5 Å². The van der Waals surface area contributed by atoms with E-state index in [2.05, 4.69) is 29.3 Å². The third kappa shape index (κ3) is 3.22. The fraction of sp³-hybridized carbons (Fsp3) is 0.400. The van der Waals surface area contributed by atoms with Crippen molar-refractivity contribution >= 4 is 22.4 Å². The highest BCUT2D eigenvalue weighted by atomic mass is 32.1. The highest BCUT2D eigenvalue weighted by Gasteiger charge is 2.18. The molecule has 0 N–H and O–H groups in total. The molecule has 4 nitrogen and oxygen atoms in total. The summed E-state index contributed by atoms with van der Waals surface area (Å²) in [5.74, 6) is 0.113. The third-order valence-electron chi connectivity index (χ3n) is 2.99. The Morgan fingerprint density at radius 3 is 2.75 bits per heavy atom. The van der Waals surface area contributed by atoms with Gasteiger partial charge in [-0.1, -0.05) is 42.0 Å². The Balaban J connectivity index is 2.25. The van der Waals surface area contributed by atoms with Crippen LogP contribution >= 0.6 is 11.3 Å². The van der Waals surface area contributed by atoms with Crippen LogP contribution in [0.2, 0.25) is 0 Å². The van der Waals surface area contributed by atoms with Crippen molar-refractivity contribution in [3.8, 4) is 10.6 Å². The average molecular weight is 289 g/mol. The lowest BCUT2D eigenvalue weighted by Crippen LogP contribution is -2.30. The number of rotatable bonds is 5. The molecule has 0 fully saturated rings. The number of hydrogen-bond donors (Lipinski definition) is 0. The van der Waals surface area contributed by atoms with Crippen LogP contribution < -0.4 is 4.90 Å². The van der Waals surface area contributed by atoms with Gasteiger partial charge in [0.05, 0.1) is 0 Å². The van der Waals surface area contributed by atoms with E-state index in [1.807, 2.05) is 26.0 Å². The summed E-state index contributed by atoms with van der Waals surface area (Å²) in [5, 5.41) is 9.92. The first kappa shape index (κ1) is 14.7. The molecule has 20 heavy (non-hydrogen) atoms. The fourth-order valence-corrected chi connectivity index (χ4v) is 2.91. The zero-order valence-corrected chi connectivity index (χ0v) is 12.9. The monoisotopic (exact) mass is 289 g/mol. The molecular formula is C15H19N3OS. The van der Waals surface area contributed by atoms with E-state index in [1.165, 1.54) is 16.9 Å². The summed E-state index contributed by atoms with van der Waals surface area (Å²) in [6.45, 7) is 6.64. The van der Waals surface area contributed by atoms with Crippen molar-refractivity contribution in [3.05, 3.63) is 29.8 Å². The second kappa shape index (κ2) is 6.61. The molecule has 0 saturated carbocycles. The number of anilines is 1. The molecule has 1 heterocycles. The zero-order valence-electron chi connectivity index (χ0n) is 12.1. The minimum absolute atomic E-state index is 0.113. The van der Waals surface area contributed by atoms with Crippen LogP contribution in [0.3, 0.4) is 0 Å². The topological polar surface area (TPSA) is 46.1 Å². The van der Waals surface area contributed by atoms with Crippen LogP contribution in [0.15, 0.2) is 24.3 Å². The molecule has 0 aliphatic rings. The van der Waals surface area contributed by atoms with Gasteiger partial charge in [0.1, 0.15) is 5.01 Å². The first-order valence-electron chi connectivity index (χ1n) is 6.86. The van der Waals surface area contributed by atoms with Crippen LogP contribution in [0.1, 0.15) is 32.3 Å². The normalized spacial score (nSPS) is 10.6. The van der Waals surface area contributed by atoms with Gasteiger partial charge in [-0.05, 0) is 26.3 Å². The van der Waals surface area contributed by atoms with E-state index >= 15 is 0 Å². The van der Waals surface area contributed by atoms with Gasteiger partial charge in [-0.25, -0.2) is 0 Å². The molecule has 1 amide bonds. The standard InChI is InChI=1S/C15H19N3OS/c1-4-7-13(19)18(5-2)15-17-16-14(20-15)12-9-6-8-11(3)10-12/h6,8-10H,4-5,7H2,1-3H3. The second-order valence-electron chi connectivity index (χ2n) is 4.65. The van der Waals surface area contributed by atoms with Crippen LogP contribution in [0.4, 0.5) is 5.13 Å². The van der Waals surface area contributed by atoms with E-state index in [4.69, 9.17) is 0 Å². The van der Waals surface area contributed by atoms with Crippen LogP contribution in [-0.2, 0) is 4.79 Å². The predicted octanol–water partition coefficient (Wildman–Crippen LogP) is 3.67. The molecule has 0 saturated heterocycles. The van der Waals surface area contributed by atoms with Crippen LogP contribution in [0.5, 0.6) is 0 Å². The highest BCUT2D eigenvalue weighted by molar-refractivity contribution is 7.18. The first-order chi connectivity index (χ1) is 9.65. The van der Waals surface area contributed by atoms with Gasteiger partial charge < -0.3 is 0 Å². The number of nitrogens with zero attached hydrogens (tertiary/aromatic N) is 3. The fourth-order valence-electron chi connectivity index (χ4n) is 1.99. The molecule has 0 unspecified atom stereocenters. The minimum atomic E-state index is 0.113. The third-order valence-corrected chi connectivity index (χ3v) is 3.99. The molecule has 0 aliphatic heterocycles. The average Bonchev–Trinajstić information content (AvgIpc) is 2.89. The summed E-state index contributed by atoms with van der Waals surface area (Å²) in [6.07, 6.45) is 1.39. The molecule has 5 heteroatoms. The van der Waals surface area contributed by atoms with E-state index in [-0.39, 0.29) is 5.91 Å². The Hall–Kier alpha value is -1.75. The summed E-state index contributed by atoms with van der Waals surface area (Å²) in [7, 11) is 0. The van der Waals surface area contributed by atoms with Crippen LogP contribution in [0.25, 0.3) is 10.6 Å². The molecule has 2 aromatic rings. The summed E-state index contributed by atoms with van der Waals surface area (Å²) in [5.41, 5.74) is 2.24. The Morgan fingerprint density at radius 1 is 1.30 bits per heavy atom. The number of amides is 1. The van der Waals surface area contributed by atoms with Gasteiger partial charge in [0.25, 0.3) is 0 Å². The summed E-state index contributed by atoms with van der Waals surface area (Å²) < 4.78 is 0. The van der Waals surface area contributed by atoms with Gasteiger partial charge in [0.2, 0.25) is 11.0 Å².